The topological polar surface area (TPSA) is 89.5 Å². The van der Waals surface area contributed by atoms with Crippen LogP contribution < -0.4 is 10.1 Å². The third kappa shape index (κ3) is 4.27. The number of aromatic nitrogens is 3. The average molecular weight is 324 g/mol. The molecule has 1 aromatic carbocycles. The van der Waals surface area contributed by atoms with Crippen molar-refractivity contribution >= 4 is 23.3 Å². The van der Waals surface area contributed by atoms with Gasteiger partial charge in [0, 0.05) is 12.7 Å². The number of carbonyl (C=O) groups excluding carboxylic acids is 1. The number of nitrogens with zero attached hydrogens (tertiary/aromatic N) is 4. The minimum absolute atomic E-state index is 0.0639. The highest BCUT2D eigenvalue weighted by Crippen LogP contribution is 2.21. The molecule has 0 saturated carbocycles. The Kier molecular flexibility index (Phi) is 5.08. The second-order valence-electron chi connectivity index (χ2n) is 4.17. The van der Waals surface area contributed by atoms with Crippen molar-refractivity contribution in [2.24, 2.45) is 0 Å². The van der Waals surface area contributed by atoms with Gasteiger partial charge in [0.2, 0.25) is 5.28 Å². The Balaban J connectivity index is 2.04. The number of halogens is 1. The number of nitrogens with one attached hydrogen (secondary N) is 1. The van der Waals surface area contributed by atoms with Crippen molar-refractivity contribution in [3.63, 3.8) is 0 Å². The Morgan fingerprint density at radius 1 is 1.23 bits per heavy atom. The van der Waals surface area contributed by atoms with Crippen LogP contribution in [0.2, 0.25) is 5.28 Å². The van der Waals surface area contributed by atoms with Crippen molar-refractivity contribution in [1.82, 2.24) is 20.0 Å². The van der Waals surface area contributed by atoms with Gasteiger partial charge in [0.25, 0.3) is 0 Å². The van der Waals surface area contributed by atoms with E-state index in [0.717, 1.165) is 5.06 Å². The van der Waals surface area contributed by atoms with Gasteiger partial charge in [-0.2, -0.15) is 9.97 Å². The number of rotatable bonds is 4. The first-order chi connectivity index (χ1) is 10.5. The predicted octanol–water partition coefficient (Wildman–Crippen LogP) is 2.65. The van der Waals surface area contributed by atoms with Crippen LogP contribution in [-0.2, 0) is 4.84 Å². The van der Waals surface area contributed by atoms with Crippen molar-refractivity contribution in [1.29, 1.82) is 0 Å². The number of anilines is 1. The largest absolute Gasteiger partial charge is 0.424 e. The van der Waals surface area contributed by atoms with E-state index in [9.17, 15) is 4.79 Å². The number of urea groups is 1. The molecule has 9 heteroatoms. The fourth-order valence-corrected chi connectivity index (χ4v) is 1.66. The van der Waals surface area contributed by atoms with Crippen LogP contribution in [0.4, 0.5) is 10.5 Å². The van der Waals surface area contributed by atoms with Crippen molar-refractivity contribution in [2.45, 2.75) is 6.92 Å². The van der Waals surface area contributed by atoms with E-state index in [0.29, 0.717) is 17.3 Å². The molecule has 0 unspecified atom stereocenters. The summed E-state index contributed by atoms with van der Waals surface area (Å²) in [6.07, 6.45) is 0. The molecule has 0 bridgehead atoms. The van der Waals surface area contributed by atoms with E-state index in [2.05, 4.69) is 20.3 Å². The van der Waals surface area contributed by atoms with Crippen LogP contribution in [0.25, 0.3) is 0 Å². The van der Waals surface area contributed by atoms with Gasteiger partial charge in [-0.05, 0) is 42.8 Å². The Hall–Kier alpha value is -2.45. The fraction of sp³-hybridized carbons (Fsp3) is 0.231. The summed E-state index contributed by atoms with van der Waals surface area (Å²) in [5, 5.41) is 3.78. The minimum atomic E-state index is -0.393. The number of carbonyl (C=O) groups is 1. The zero-order valence-electron chi connectivity index (χ0n) is 12.2. The van der Waals surface area contributed by atoms with Crippen molar-refractivity contribution in [3.8, 4) is 11.8 Å². The van der Waals surface area contributed by atoms with Crippen LogP contribution in [0.1, 0.15) is 5.82 Å². The molecule has 0 aliphatic heterocycles. The highest BCUT2D eigenvalue weighted by Gasteiger charge is 2.08. The monoisotopic (exact) mass is 323 g/mol. The van der Waals surface area contributed by atoms with Gasteiger partial charge < -0.3 is 10.1 Å². The molecule has 0 fully saturated rings. The molecule has 2 aromatic rings. The van der Waals surface area contributed by atoms with Crippen LogP contribution in [0.5, 0.6) is 11.8 Å². The molecule has 2 amide bonds. The zero-order chi connectivity index (χ0) is 16.1. The molecular weight excluding hydrogens is 310 g/mol. The first kappa shape index (κ1) is 15.9. The molecule has 1 N–H and O–H groups in total. The van der Waals surface area contributed by atoms with E-state index >= 15 is 0 Å². The summed E-state index contributed by atoms with van der Waals surface area (Å²) in [6.45, 7) is 1.69. The number of benzene rings is 1. The number of hydrogen-bond donors (Lipinski definition) is 1. The number of hydrogen-bond acceptors (Lipinski definition) is 6. The standard InChI is InChI=1S/C13H14ClN5O3/c1-8-15-11(14)18-12(16-8)22-10-6-4-9(5-7-10)17-13(20)19(2)21-3/h4-7H,1-3H3,(H,17,20). The molecular formula is C13H14ClN5O3. The van der Waals surface area contributed by atoms with E-state index in [1.807, 2.05) is 0 Å². The molecule has 0 aliphatic carbocycles. The average Bonchev–Trinajstić information content (AvgIpc) is 2.47. The second kappa shape index (κ2) is 7.01. The molecule has 2 rings (SSSR count). The lowest BCUT2D eigenvalue weighted by molar-refractivity contribution is -0.0598. The maximum atomic E-state index is 11.6. The van der Waals surface area contributed by atoms with Gasteiger partial charge >= 0.3 is 12.0 Å². The third-order valence-corrected chi connectivity index (χ3v) is 2.74. The van der Waals surface area contributed by atoms with Crippen LogP contribution in [0.3, 0.4) is 0 Å². The number of amides is 2. The molecule has 0 aliphatic rings. The van der Waals surface area contributed by atoms with Gasteiger partial charge in [-0.25, -0.2) is 14.8 Å². The number of ether oxygens (including phenoxy) is 1. The lowest BCUT2D eigenvalue weighted by Gasteiger charge is -2.14. The number of hydroxylamine groups is 2. The zero-order valence-corrected chi connectivity index (χ0v) is 13.0. The van der Waals surface area contributed by atoms with Gasteiger partial charge in [-0.15, -0.1) is 0 Å². The van der Waals surface area contributed by atoms with Crippen molar-refractivity contribution in [3.05, 3.63) is 35.4 Å². The van der Waals surface area contributed by atoms with E-state index in [1.54, 1.807) is 31.2 Å². The van der Waals surface area contributed by atoms with Crippen LogP contribution in [-0.4, -0.2) is 40.2 Å². The smallest absolute Gasteiger partial charge is 0.345 e. The van der Waals surface area contributed by atoms with Gasteiger partial charge in [0.1, 0.15) is 11.6 Å². The lowest BCUT2D eigenvalue weighted by atomic mass is 10.3. The van der Waals surface area contributed by atoms with E-state index in [4.69, 9.17) is 21.2 Å². The third-order valence-electron chi connectivity index (χ3n) is 2.57. The molecule has 1 heterocycles. The summed E-state index contributed by atoms with van der Waals surface area (Å²) in [5.41, 5.74) is 0.589. The number of aryl methyl sites for hydroxylation is 1. The van der Waals surface area contributed by atoms with Crippen LogP contribution in [0.15, 0.2) is 24.3 Å². The summed E-state index contributed by atoms with van der Waals surface area (Å²) in [4.78, 5) is 28.1. The maximum absolute atomic E-state index is 11.6. The molecule has 22 heavy (non-hydrogen) atoms. The van der Waals surface area contributed by atoms with Crippen molar-refractivity contribution in [2.75, 3.05) is 19.5 Å². The molecule has 0 radical (unpaired) electrons. The highest BCUT2D eigenvalue weighted by atomic mass is 35.5. The molecule has 0 atom stereocenters. The van der Waals surface area contributed by atoms with Crippen molar-refractivity contribution < 1.29 is 14.4 Å². The van der Waals surface area contributed by atoms with E-state index < -0.39 is 6.03 Å². The van der Waals surface area contributed by atoms with Crippen LogP contribution >= 0.6 is 11.6 Å². The fourth-order valence-electron chi connectivity index (χ4n) is 1.47. The normalized spacial score (nSPS) is 10.2. The van der Waals surface area contributed by atoms with Gasteiger partial charge in [0.05, 0.1) is 7.11 Å². The Morgan fingerprint density at radius 2 is 1.91 bits per heavy atom. The van der Waals surface area contributed by atoms with E-state index in [-0.39, 0.29) is 11.3 Å². The lowest BCUT2D eigenvalue weighted by Crippen LogP contribution is -2.30. The Labute approximate surface area is 132 Å². The molecule has 0 saturated heterocycles. The predicted molar refractivity (Wildman–Crippen MR) is 79.9 cm³/mol. The SMILES string of the molecule is CON(C)C(=O)Nc1ccc(Oc2nc(C)nc(Cl)n2)cc1. The quantitative estimate of drug-likeness (QED) is 0.870. The Bertz CT molecular complexity index is 645. The van der Waals surface area contributed by atoms with Crippen LogP contribution in [0, 0.1) is 6.92 Å². The summed E-state index contributed by atoms with van der Waals surface area (Å²) in [5.74, 6) is 0.959. The highest BCUT2D eigenvalue weighted by molar-refractivity contribution is 6.28. The molecule has 1 aromatic heterocycles. The second-order valence-corrected chi connectivity index (χ2v) is 4.51. The maximum Gasteiger partial charge on any atom is 0.345 e. The molecule has 116 valence electrons. The first-order valence-corrected chi connectivity index (χ1v) is 6.60. The van der Waals surface area contributed by atoms with E-state index in [1.165, 1.54) is 14.2 Å². The first-order valence-electron chi connectivity index (χ1n) is 6.23. The van der Waals surface area contributed by atoms with Gasteiger partial charge in [0.15, 0.2) is 0 Å². The summed E-state index contributed by atoms with van der Waals surface area (Å²) in [7, 11) is 2.90. The summed E-state index contributed by atoms with van der Waals surface area (Å²) in [6, 6.07) is 6.38. The summed E-state index contributed by atoms with van der Waals surface area (Å²) >= 11 is 5.74. The molecule has 8 nitrogen and oxygen atoms in total. The Morgan fingerprint density at radius 3 is 2.50 bits per heavy atom. The molecule has 0 spiro atoms. The van der Waals surface area contributed by atoms with Gasteiger partial charge in [-0.1, -0.05) is 0 Å². The minimum Gasteiger partial charge on any atom is -0.424 e. The van der Waals surface area contributed by atoms with Gasteiger partial charge in [-0.3, -0.25) is 4.84 Å². The summed E-state index contributed by atoms with van der Waals surface area (Å²) < 4.78 is 5.47.